The summed E-state index contributed by atoms with van der Waals surface area (Å²) >= 11 is 1.18. The molecule has 0 aliphatic carbocycles. The number of tetrazole rings is 1. The van der Waals surface area contributed by atoms with Gasteiger partial charge in [0.2, 0.25) is 5.88 Å². The number of benzene rings is 1. The molecule has 0 radical (unpaired) electrons. The first-order valence-corrected chi connectivity index (χ1v) is 10.1. The molecule has 0 saturated heterocycles. The van der Waals surface area contributed by atoms with Crippen LogP contribution in [-0.2, 0) is 11.3 Å². The average Bonchev–Trinajstić information content (AvgIpc) is 3.46. The monoisotopic (exact) mass is 454 g/mol. The standard InChI is InChI=1S/C19H18N8O4S/c1-10-14-18(31-3)21-13(8-30-2)22-19(14)32-15(10)17(29)24-23-16(28)11-4-6-12(7-5-11)27-9-20-25-26-27/h4-7,9H,8H2,1-3H3,(H,23,28)(H,24,29). The van der Waals surface area contributed by atoms with Gasteiger partial charge in [-0.2, -0.15) is 4.98 Å². The number of fused-ring (bicyclic) bond motifs is 1. The van der Waals surface area contributed by atoms with E-state index in [1.165, 1.54) is 29.5 Å². The van der Waals surface area contributed by atoms with Gasteiger partial charge in [0.05, 0.1) is 23.1 Å². The van der Waals surface area contributed by atoms with Gasteiger partial charge < -0.3 is 9.47 Å². The number of carbonyl (C=O) groups is 2. The van der Waals surface area contributed by atoms with Crippen molar-refractivity contribution in [3.63, 3.8) is 0 Å². The van der Waals surface area contributed by atoms with Crippen LogP contribution in [0.2, 0.25) is 0 Å². The lowest BCUT2D eigenvalue weighted by Gasteiger charge is -2.08. The minimum Gasteiger partial charge on any atom is -0.480 e. The summed E-state index contributed by atoms with van der Waals surface area (Å²) in [5, 5.41) is 11.6. The predicted octanol–water partition coefficient (Wildman–Crippen LogP) is 1.21. The molecule has 1 aromatic carbocycles. The second-order valence-electron chi connectivity index (χ2n) is 6.53. The molecule has 0 spiro atoms. The Labute approximate surface area is 185 Å². The quantitative estimate of drug-likeness (QED) is 0.410. The van der Waals surface area contributed by atoms with Crippen molar-refractivity contribution in [1.29, 1.82) is 0 Å². The van der Waals surface area contributed by atoms with E-state index in [0.29, 0.717) is 43.6 Å². The van der Waals surface area contributed by atoms with Crippen molar-refractivity contribution in [2.45, 2.75) is 13.5 Å². The number of ether oxygens (including phenoxy) is 2. The second-order valence-corrected chi connectivity index (χ2v) is 7.53. The smallest absolute Gasteiger partial charge is 0.280 e. The molecule has 0 atom stereocenters. The third-order valence-corrected chi connectivity index (χ3v) is 5.69. The van der Waals surface area contributed by atoms with Crippen LogP contribution in [0, 0.1) is 6.92 Å². The third kappa shape index (κ3) is 4.10. The van der Waals surface area contributed by atoms with E-state index in [-0.39, 0.29) is 6.61 Å². The van der Waals surface area contributed by atoms with E-state index in [1.807, 2.05) is 0 Å². The van der Waals surface area contributed by atoms with Crippen LogP contribution in [0.5, 0.6) is 5.88 Å². The van der Waals surface area contributed by atoms with Crippen LogP contribution in [-0.4, -0.2) is 56.2 Å². The minimum atomic E-state index is -0.473. The third-order valence-electron chi connectivity index (χ3n) is 4.51. The molecule has 4 rings (SSSR count). The van der Waals surface area contributed by atoms with Gasteiger partial charge in [0.25, 0.3) is 11.8 Å². The Kier molecular flexibility index (Phi) is 6.00. The summed E-state index contributed by atoms with van der Waals surface area (Å²) in [6, 6.07) is 6.57. The number of thiophene rings is 1. The number of carbonyl (C=O) groups excluding carboxylic acids is 2. The Morgan fingerprint density at radius 3 is 2.50 bits per heavy atom. The maximum atomic E-state index is 12.7. The van der Waals surface area contributed by atoms with E-state index in [4.69, 9.17) is 9.47 Å². The van der Waals surface area contributed by atoms with Gasteiger partial charge in [-0.1, -0.05) is 0 Å². The molecule has 0 aliphatic heterocycles. The van der Waals surface area contributed by atoms with E-state index >= 15 is 0 Å². The zero-order valence-corrected chi connectivity index (χ0v) is 18.1. The molecule has 13 heteroatoms. The maximum absolute atomic E-state index is 12.7. The van der Waals surface area contributed by atoms with Crippen LogP contribution >= 0.6 is 11.3 Å². The summed E-state index contributed by atoms with van der Waals surface area (Å²) in [5.74, 6) is -0.135. The number of aryl methyl sites for hydroxylation is 1. The molecule has 0 fully saturated rings. The summed E-state index contributed by atoms with van der Waals surface area (Å²) in [6.07, 6.45) is 1.44. The number of hydrazine groups is 1. The summed E-state index contributed by atoms with van der Waals surface area (Å²) in [5.41, 5.74) is 6.56. The number of amides is 2. The molecule has 12 nitrogen and oxygen atoms in total. The highest BCUT2D eigenvalue weighted by atomic mass is 32.1. The first-order valence-electron chi connectivity index (χ1n) is 9.29. The first kappa shape index (κ1) is 21.3. The Morgan fingerprint density at radius 1 is 1.09 bits per heavy atom. The van der Waals surface area contributed by atoms with Crippen molar-refractivity contribution < 1.29 is 19.1 Å². The summed E-state index contributed by atoms with van der Waals surface area (Å²) in [7, 11) is 3.04. The first-order chi connectivity index (χ1) is 15.5. The van der Waals surface area contributed by atoms with Crippen molar-refractivity contribution in [2.24, 2.45) is 0 Å². The van der Waals surface area contributed by atoms with Gasteiger partial charge >= 0.3 is 0 Å². The number of nitrogens with one attached hydrogen (secondary N) is 2. The number of methoxy groups -OCH3 is 2. The van der Waals surface area contributed by atoms with Crippen molar-refractivity contribution in [1.82, 2.24) is 41.0 Å². The molecule has 2 N–H and O–H groups in total. The number of aromatic nitrogens is 6. The van der Waals surface area contributed by atoms with Gasteiger partial charge in [0.1, 0.15) is 17.8 Å². The van der Waals surface area contributed by atoms with E-state index < -0.39 is 11.8 Å². The Bertz CT molecular complexity index is 1270. The lowest BCUT2D eigenvalue weighted by Crippen LogP contribution is -2.41. The van der Waals surface area contributed by atoms with Crippen LogP contribution in [0.15, 0.2) is 30.6 Å². The minimum absolute atomic E-state index is 0.215. The number of nitrogens with zero attached hydrogens (tertiary/aromatic N) is 6. The zero-order chi connectivity index (χ0) is 22.7. The highest BCUT2D eigenvalue weighted by Gasteiger charge is 2.21. The topological polar surface area (TPSA) is 146 Å². The normalized spacial score (nSPS) is 10.8. The van der Waals surface area contributed by atoms with E-state index in [1.54, 1.807) is 38.3 Å². The molecule has 0 saturated carbocycles. The lowest BCUT2D eigenvalue weighted by atomic mass is 10.2. The van der Waals surface area contributed by atoms with Crippen molar-refractivity contribution >= 4 is 33.4 Å². The van der Waals surface area contributed by atoms with E-state index in [0.717, 1.165) is 0 Å². The van der Waals surface area contributed by atoms with E-state index in [9.17, 15) is 9.59 Å². The van der Waals surface area contributed by atoms with Crippen molar-refractivity contribution in [3.8, 4) is 11.6 Å². The largest absolute Gasteiger partial charge is 0.480 e. The fraction of sp³-hybridized carbons (Fsp3) is 0.211. The lowest BCUT2D eigenvalue weighted by molar-refractivity contribution is 0.0848. The van der Waals surface area contributed by atoms with Crippen LogP contribution in [0.4, 0.5) is 0 Å². The van der Waals surface area contributed by atoms with Gasteiger partial charge in [-0.25, -0.2) is 9.67 Å². The summed E-state index contributed by atoms with van der Waals surface area (Å²) in [6.45, 7) is 1.99. The van der Waals surface area contributed by atoms with Crippen LogP contribution in [0.25, 0.3) is 15.9 Å². The zero-order valence-electron chi connectivity index (χ0n) is 17.3. The van der Waals surface area contributed by atoms with Crippen molar-refractivity contribution in [3.05, 3.63) is 52.4 Å². The van der Waals surface area contributed by atoms with Gasteiger partial charge in [0.15, 0.2) is 5.82 Å². The summed E-state index contributed by atoms with van der Waals surface area (Å²) < 4.78 is 11.9. The van der Waals surface area contributed by atoms with Crippen molar-refractivity contribution in [2.75, 3.05) is 14.2 Å². The highest BCUT2D eigenvalue weighted by Crippen LogP contribution is 2.34. The number of hydrogen-bond acceptors (Lipinski definition) is 10. The molecule has 0 aliphatic rings. The molecule has 32 heavy (non-hydrogen) atoms. The van der Waals surface area contributed by atoms with Crippen LogP contribution in [0.3, 0.4) is 0 Å². The molecule has 0 bridgehead atoms. The second kappa shape index (κ2) is 9.03. The maximum Gasteiger partial charge on any atom is 0.280 e. The molecule has 4 aromatic rings. The van der Waals surface area contributed by atoms with Crippen LogP contribution < -0.4 is 15.6 Å². The van der Waals surface area contributed by atoms with Gasteiger partial charge in [0, 0.05) is 12.7 Å². The molecular weight excluding hydrogens is 436 g/mol. The number of hydrogen-bond donors (Lipinski definition) is 2. The van der Waals surface area contributed by atoms with Gasteiger partial charge in [-0.15, -0.1) is 16.4 Å². The fourth-order valence-corrected chi connectivity index (χ4v) is 4.08. The molecular formula is C19H18N8O4S. The molecule has 0 unspecified atom stereocenters. The predicted molar refractivity (Wildman–Crippen MR) is 114 cm³/mol. The highest BCUT2D eigenvalue weighted by molar-refractivity contribution is 7.20. The van der Waals surface area contributed by atoms with Gasteiger partial charge in [-0.05, 0) is 47.2 Å². The summed E-state index contributed by atoms with van der Waals surface area (Å²) in [4.78, 5) is 34.9. The van der Waals surface area contributed by atoms with Gasteiger partial charge in [-0.3, -0.25) is 20.4 Å². The SMILES string of the molecule is COCc1nc(OC)c2c(C)c(C(=O)NNC(=O)c3ccc(-n4cnnn4)cc3)sc2n1. The molecule has 3 heterocycles. The Balaban J connectivity index is 1.49. The molecule has 164 valence electrons. The number of rotatable bonds is 6. The molecule has 2 amide bonds. The van der Waals surface area contributed by atoms with E-state index in [2.05, 4.69) is 36.3 Å². The molecule has 3 aromatic heterocycles. The fourth-order valence-electron chi connectivity index (χ4n) is 2.99. The Morgan fingerprint density at radius 2 is 1.84 bits per heavy atom. The Hall–Kier alpha value is -3.97. The average molecular weight is 454 g/mol. The van der Waals surface area contributed by atoms with Crippen LogP contribution in [0.1, 0.15) is 31.4 Å².